The van der Waals surface area contributed by atoms with Crippen LogP contribution < -0.4 is 11.1 Å². The summed E-state index contributed by atoms with van der Waals surface area (Å²) in [5.41, 5.74) is 6.39. The Kier molecular flexibility index (Phi) is 3.59. The van der Waals surface area contributed by atoms with E-state index in [9.17, 15) is 0 Å². The van der Waals surface area contributed by atoms with Gasteiger partial charge in [-0.1, -0.05) is 34.1 Å². The Hall–Kier alpha value is -0.0800. The van der Waals surface area contributed by atoms with Crippen LogP contribution in [0.4, 0.5) is 0 Å². The number of unbranched alkanes of at least 4 members (excludes halogenated alkanes) is 2. The van der Waals surface area contributed by atoms with Crippen LogP contribution in [0.1, 0.15) is 47.0 Å². The fourth-order valence-corrected chi connectivity index (χ4v) is 2.40. The molecule has 1 aliphatic carbocycles. The van der Waals surface area contributed by atoms with Crippen LogP contribution in [-0.2, 0) is 0 Å². The first-order chi connectivity index (χ1) is 6.44. The predicted molar refractivity (Wildman–Crippen MR) is 62.3 cm³/mol. The predicted octanol–water partition coefficient (Wildman–Crippen LogP) is 2.14. The molecule has 1 saturated carbocycles. The van der Waals surface area contributed by atoms with Crippen molar-refractivity contribution >= 4 is 0 Å². The minimum absolute atomic E-state index is 0.473. The van der Waals surface area contributed by atoms with Gasteiger partial charge in [0.15, 0.2) is 0 Å². The van der Waals surface area contributed by atoms with E-state index < -0.39 is 0 Å². The highest BCUT2D eigenvalue weighted by molar-refractivity contribution is 5.17. The molecule has 0 unspecified atom stereocenters. The van der Waals surface area contributed by atoms with Crippen LogP contribution in [0.5, 0.6) is 0 Å². The second kappa shape index (κ2) is 4.19. The summed E-state index contributed by atoms with van der Waals surface area (Å²) in [5, 5.41) is 3.66. The van der Waals surface area contributed by atoms with E-state index >= 15 is 0 Å². The second-order valence-corrected chi connectivity index (χ2v) is 5.68. The summed E-state index contributed by atoms with van der Waals surface area (Å²) in [4.78, 5) is 0. The lowest BCUT2D eigenvalue weighted by molar-refractivity contribution is 0.457. The maximum absolute atomic E-state index is 5.45. The maximum Gasteiger partial charge on any atom is 0.0181 e. The molecule has 1 aliphatic rings. The normalized spacial score (nSPS) is 23.8. The van der Waals surface area contributed by atoms with E-state index in [4.69, 9.17) is 5.73 Å². The van der Waals surface area contributed by atoms with Crippen LogP contribution in [0.2, 0.25) is 0 Å². The minimum atomic E-state index is 0.473. The zero-order valence-corrected chi connectivity index (χ0v) is 10.2. The molecular formula is C12H26N2. The quantitative estimate of drug-likeness (QED) is 0.642. The number of nitrogens with one attached hydrogen (secondary N) is 1. The molecule has 3 N–H and O–H groups in total. The van der Waals surface area contributed by atoms with Crippen LogP contribution in [0, 0.1) is 10.8 Å². The fourth-order valence-electron chi connectivity index (χ4n) is 2.40. The minimum Gasteiger partial charge on any atom is -0.330 e. The Bertz CT molecular complexity index is 171. The van der Waals surface area contributed by atoms with E-state index in [1.54, 1.807) is 0 Å². The lowest BCUT2D eigenvalue weighted by Crippen LogP contribution is -2.23. The van der Waals surface area contributed by atoms with Crippen LogP contribution in [0.3, 0.4) is 0 Å². The molecule has 1 fully saturated rings. The Labute approximate surface area is 88.6 Å². The molecule has 84 valence electrons. The molecule has 0 saturated heterocycles. The summed E-state index contributed by atoms with van der Waals surface area (Å²) < 4.78 is 0. The van der Waals surface area contributed by atoms with Gasteiger partial charge in [0.1, 0.15) is 0 Å². The highest BCUT2D eigenvalue weighted by Crippen LogP contribution is 2.62. The third kappa shape index (κ3) is 2.12. The van der Waals surface area contributed by atoms with Crippen molar-refractivity contribution in [2.24, 2.45) is 16.6 Å². The first-order valence-electron chi connectivity index (χ1n) is 5.88. The van der Waals surface area contributed by atoms with Crippen molar-refractivity contribution in [1.82, 2.24) is 5.32 Å². The lowest BCUT2D eigenvalue weighted by Gasteiger charge is -2.05. The topological polar surface area (TPSA) is 38.0 Å². The number of hydrogen-bond acceptors (Lipinski definition) is 2. The van der Waals surface area contributed by atoms with Crippen molar-refractivity contribution < 1.29 is 0 Å². The molecule has 0 aromatic carbocycles. The zero-order valence-electron chi connectivity index (χ0n) is 10.2. The molecular weight excluding hydrogens is 172 g/mol. The van der Waals surface area contributed by atoms with Gasteiger partial charge in [0.25, 0.3) is 0 Å². The van der Waals surface area contributed by atoms with Gasteiger partial charge in [-0.15, -0.1) is 0 Å². The summed E-state index contributed by atoms with van der Waals surface area (Å²) >= 11 is 0. The molecule has 0 aliphatic heterocycles. The van der Waals surface area contributed by atoms with Gasteiger partial charge < -0.3 is 11.1 Å². The molecule has 0 spiro atoms. The Morgan fingerprint density at radius 2 is 1.57 bits per heavy atom. The van der Waals surface area contributed by atoms with Gasteiger partial charge in [-0.25, -0.2) is 0 Å². The summed E-state index contributed by atoms with van der Waals surface area (Å²) in [6.45, 7) is 11.4. The van der Waals surface area contributed by atoms with Gasteiger partial charge in [0.05, 0.1) is 0 Å². The Morgan fingerprint density at radius 3 is 2.00 bits per heavy atom. The standard InChI is InChI=1S/C12H26N2/c1-11(2)10(12(11,3)4)14-9-7-5-6-8-13/h10,14H,5-9,13H2,1-4H3. The molecule has 0 aromatic rings. The number of nitrogens with two attached hydrogens (primary N) is 1. The van der Waals surface area contributed by atoms with Crippen molar-refractivity contribution in [3.8, 4) is 0 Å². The smallest absolute Gasteiger partial charge is 0.0181 e. The van der Waals surface area contributed by atoms with E-state index in [-0.39, 0.29) is 0 Å². The summed E-state index contributed by atoms with van der Waals surface area (Å²) in [6.07, 6.45) is 3.69. The highest BCUT2D eigenvalue weighted by atomic mass is 15.0. The van der Waals surface area contributed by atoms with E-state index in [0.717, 1.165) is 13.1 Å². The average molecular weight is 198 g/mol. The lowest BCUT2D eigenvalue weighted by atomic mass is 10.0. The summed E-state index contributed by atoms with van der Waals surface area (Å²) in [7, 11) is 0. The van der Waals surface area contributed by atoms with Crippen molar-refractivity contribution in [2.75, 3.05) is 13.1 Å². The average Bonchev–Trinajstić information content (AvgIpc) is 2.46. The largest absolute Gasteiger partial charge is 0.330 e. The van der Waals surface area contributed by atoms with E-state index in [0.29, 0.717) is 16.9 Å². The maximum atomic E-state index is 5.45. The van der Waals surface area contributed by atoms with Crippen molar-refractivity contribution in [1.29, 1.82) is 0 Å². The molecule has 2 heteroatoms. The third-order valence-electron chi connectivity index (χ3n) is 4.25. The molecule has 0 radical (unpaired) electrons. The molecule has 0 atom stereocenters. The SMILES string of the molecule is CC1(C)C(NCCCCCN)C1(C)C. The number of rotatable bonds is 6. The summed E-state index contributed by atoms with van der Waals surface area (Å²) in [5.74, 6) is 0. The van der Waals surface area contributed by atoms with Gasteiger partial charge in [0, 0.05) is 6.04 Å². The number of hydrogen-bond donors (Lipinski definition) is 2. The Balaban J connectivity index is 2.10. The first-order valence-corrected chi connectivity index (χ1v) is 5.88. The molecule has 0 bridgehead atoms. The molecule has 14 heavy (non-hydrogen) atoms. The second-order valence-electron chi connectivity index (χ2n) is 5.68. The highest BCUT2D eigenvalue weighted by Gasteiger charge is 2.64. The van der Waals surface area contributed by atoms with E-state index in [1.165, 1.54) is 19.3 Å². The Morgan fingerprint density at radius 1 is 1.00 bits per heavy atom. The first kappa shape index (κ1) is 12.0. The van der Waals surface area contributed by atoms with E-state index in [2.05, 4.69) is 33.0 Å². The van der Waals surface area contributed by atoms with Gasteiger partial charge in [0.2, 0.25) is 0 Å². The molecule has 1 rings (SSSR count). The van der Waals surface area contributed by atoms with Crippen LogP contribution >= 0.6 is 0 Å². The van der Waals surface area contributed by atoms with Gasteiger partial charge in [-0.05, 0) is 36.8 Å². The fraction of sp³-hybridized carbons (Fsp3) is 1.00. The van der Waals surface area contributed by atoms with E-state index in [1.807, 2.05) is 0 Å². The monoisotopic (exact) mass is 198 g/mol. The molecule has 0 amide bonds. The van der Waals surface area contributed by atoms with Gasteiger partial charge in [-0.2, -0.15) is 0 Å². The summed E-state index contributed by atoms with van der Waals surface area (Å²) in [6, 6.07) is 0.702. The molecule has 0 aromatic heterocycles. The van der Waals surface area contributed by atoms with Crippen LogP contribution in [0.25, 0.3) is 0 Å². The third-order valence-corrected chi connectivity index (χ3v) is 4.25. The van der Waals surface area contributed by atoms with Gasteiger partial charge in [-0.3, -0.25) is 0 Å². The van der Waals surface area contributed by atoms with Crippen LogP contribution in [0.15, 0.2) is 0 Å². The molecule has 0 heterocycles. The zero-order chi connectivity index (χ0) is 10.8. The van der Waals surface area contributed by atoms with Gasteiger partial charge >= 0.3 is 0 Å². The van der Waals surface area contributed by atoms with Crippen molar-refractivity contribution in [3.05, 3.63) is 0 Å². The molecule has 2 nitrogen and oxygen atoms in total. The van der Waals surface area contributed by atoms with Crippen LogP contribution in [-0.4, -0.2) is 19.1 Å². The van der Waals surface area contributed by atoms with Crippen molar-refractivity contribution in [2.45, 2.75) is 53.0 Å². The van der Waals surface area contributed by atoms with Crippen molar-refractivity contribution in [3.63, 3.8) is 0 Å².